The van der Waals surface area contributed by atoms with E-state index in [2.05, 4.69) is 35.1 Å². The standard InChI is InChI=1S/C19H23BrN2O4S/c1-13(2)12-26-18-10-5-14(11-17(18)20)19(23)21-15-6-8-16(9-7-15)27(24,25)22(3)4/h5-11,13H,12H2,1-4H3,(H,21,23). The zero-order valence-electron chi connectivity index (χ0n) is 15.7. The van der Waals surface area contributed by atoms with Gasteiger partial charge < -0.3 is 10.1 Å². The Balaban J connectivity index is 2.10. The van der Waals surface area contributed by atoms with Crippen LogP contribution in [0.4, 0.5) is 5.69 Å². The number of amides is 1. The number of carbonyl (C=O) groups is 1. The van der Waals surface area contributed by atoms with E-state index >= 15 is 0 Å². The Kier molecular flexibility index (Phi) is 7.02. The zero-order chi connectivity index (χ0) is 20.2. The molecule has 0 heterocycles. The van der Waals surface area contributed by atoms with Crippen molar-refractivity contribution < 1.29 is 17.9 Å². The predicted molar refractivity (Wildman–Crippen MR) is 110 cm³/mol. The van der Waals surface area contributed by atoms with E-state index in [1.54, 1.807) is 30.3 Å². The highest BCUT2D eigenvalue weighted by Gasteiger charge is 2.17. The maximum atomic E-state index is 12.4. The van der Waals surface area contributed by atoms with Crippen molar-refractivity contribution in [1.82, 2.24) is 4.31 Å². The highest BCUT2D eigenvalue weighted by Crippen LogP contribution is 2.27. The molecule has 0 aliphatic rings. The lowest BCUT2D eigenvalue weighted by molar-refractivity contribution is 0.102. The van der Waals surface area contributed by atoms with Crippen molar-refractivity contribution >= 4 is 37.5 Å². The highest BCUT2D eigenvalue weighted by atomic mass is 79.9. The van der Waals surface area contributed by atoms with Gasteiger partial charge in [0, 0.05) is 25.3 Å². The molecule has 0 bridgehead atoms. The second-order valence-electron chi connectivity index (χ2n) is 6.62. The SMILES string of the molecule is CC(C)COc1ccc(C(=O)Nc2ccc(S(=O)(=O)N(C)C)cc2)cc1Br. The Morgan fingerprint density at radius 2 is 1.78 bits per heavy atom. The summed E-state index contributed by atoms with van der Waals surface area (Å²) in [6, 6.07) is 11.2. The zero-order valence-corrected chi connectivity index (χ0v) is 18.1. The molecule has 0 aliphatic heterocycles. The smallest absolute Gasteiger partial charge is 0.255 e. The minimum Gasteiger partial charge on any atom is -0.492 e. The predicted octanol–water partition coefficient (Wildman–Crippen LogP) is 3.99. The Labute approximate surface area is 168 Å². The maximum absolute atomic E-state index is 12.4. The van der Waals surface area contributed by atoms with Crippen LogP contribution >= 0.6 is 15.9 Å². The summed E-state index contributed by atoms with van der Waals surface area (Å²) >= 11 is 3.42. The maximum Gasteiger partial charge on any atom is 0.255 e. The van der Waals surface area contributed by atoms with E-state index < -0.39 is 10.0 Å². The van der Waals surface area contributed by atoms with Crippen LogP contribution in [0.2, 0.25) is 0 Å². The van der Waals surface area contributed by atoms with E-state index in [1.807, 2.05) is 0 Å². The second-order valence-corrected chi connectivity index (χ2v) is 9.62. The van der Waals surface area contributed by atoms with Crippen LogP contribution in [-0.4, -0.2) is 39.3 Å². The van der Waals surface area contributed by atoms with E-state index in [1.165, 1.54) is 26.2 Å². The van der Waals surface area contributed by atoms with Crippen LogP contribution in [0.1, 0.15) is 24.2 Å². The number of halogens is 1. The molecule has 27 heavy (non-hydrogen) atoms. The summed E-state index contributed by atoms with van der Waals surface area (Å²) in [5.74, 6) is 0.784. The molecule has 0 aromatic heterocycles. The van der Waals surface area contributed by atoms with Gasteiger partial charge in [0.1, 0.15) is 5.75 Å². The van der Waals surface area contributed by atoms with Crippen LogP contribution in [-0.2, 0) is 10.0 Å². The lowest BCUT2D eigenvalue weighted by atomic mass is 10.2. The number of anilines is 1. The van der Waals surface area contributed by atoms with Crippen molar-refractivity contribution in [3.05, 3.63) is 52.5 Å². The number of rotatable bonds is 7. The number of hydrogen-bond acceptors (Lipinski definition) is 4. The molecule has 1 N–H and O–H groups in total. The molecule has 0 fully saturated rings. The van der Waals surface area contributed by atoms with Crippen molar-refractivity contribution in [2.24, 2.45) is 5.92 Å². The Morgan fingerprint density at radius 1 is 1.15 bits per heavy atom. The average molecular weight is 455 g/mol. The lowest BCUT2D eigenvalue weighted by Crippen LogP contribution is -2.22. The third-order valence-corrected chi connectivity index (χ3v) is 6.11. The minimum absolute atomic E-state index is 0.167. The quantitative estimate of drug-likeness (QED) is 0.685. The Morgan fingerprint density at radius 3 is 2.30 bits per heavy atom. The van der Waals surface area contributed by atoms with Gasteiger partial charge in [-0.3, -0.25) is 4.79 Å². The topological polar surface area (TPSA) is 75.7 Å². The van der Waals surface area contributed by atoms with Crippen molar-refractivity contribution in [3.8, 4) is 5.75 Å². The molecule has 0 unspecified atom stereocenters. The number of hydrogen-bond donors (Lipinski definition) is 1. The third kappa shape index (κ3) is 5.54. The van der Waals surface area contributed by atoms with Crippen LogP contribution in [0.15, 0.2) is 51.8 Å². The van der Waals surface area contributed by atoms with Gasteiger partial charge in [-0.25, -0.2) is 12.7 Å². The first kappa shape index (κ1) is 21.4. The van der Waals surface area contributed by atoms with Crippen molar-refractivity contribution in [2.75, 3.05) is 26.0 Å². The molecule has 6 nitrogen and oxygen atoms in total. The van der Waals surface area contributed by atoms with Crippen LogP contribution in [0.3, 0.4) is 0 Å². The fourth-order valence-electron chi connectivity index (χ4n) is 2.14. The van der Waals surface area contributed by atoms with E-state index in [0.29, 0.717) is 34.0 Å². The van der Waals surface area contributed by atoms with E-state index in [9.17, 15) is 13.2 Å². The summed E-state index contributed by atoms with van der Waals surface area (Å²) in [5, 5.41) is 2.75. The Bertz CT molecular complexity index is 910. The molecule has 0 radical (unpaired) electrons. The summed E-state index contributed by atoms with van der Waals surface area (Å²) < 4.78 is 31.7. The van der Waals surface area contributed by atoms with Gasteiger partial charge in [-0.15, -0.1) is 0 Å². The molecule has 8 heteroatoms. The van der Waals surface area contributed by atoms with Gasteiger partial charge in [0.15, 0.2) is 0 Å². The van der Waals surface area contributed by atoms with Crippen molar-refractivity contribution in [3.63, 3.8) is 0 Å². The van der Waals surface area contributed by atoms with Gasteiger partial charge in [0.25, 0.3) is 5.91 Å². The molecule has 2 aromatic rings. The molecule has 0 saturated carbocycles. The lowest BCUT2D eigenvalue weighted by Gasteiger charge is -2.13. The molecule has 2 aromatic carbocycles. The summed E-state index contributed by atoms with van der Waals surface area (Å²) in [4.78, 5) is 12.6. The molecule has 2 rings (SSSR count). The number of sulfonamides is 1. The van der Waals surface area contributed by atoms with Gasteiger partial charge in [-0.05, 0) is 64.3 Å². The van der Waals surface area contributed by atoms with E-state index in [4.69, 9.17) is 4.74 Å². The van der Waals surface area contributed by atoms with Gasteiger partial charge >= 0.3 is 0 Å². The largest absolute Gasteiger partial charge is 0.492 e. The minimum atomic E-state index is -3.50. The molecule has 0 spiro atoms. The molecular formula is C19H23BrN2O4S. The average Bonchev–Trinajstić information content (AvgIpc) is 2.60. The number of nitrogens with one attached hydrogen (secondary N) is 1. The van der Waals surface area contributed by atoms with Crippen LogP contribution < -0.4 is 10.1 Å². The molecule has 0 saturated heterocycles. The van der Waals surface area contributed by atoms with E-state index in [-0.39, 0.29) is 10.8 Å². The monoisotopic (exact) mass is 454 g/mol. The van der Waals surface area contributed by atoms with Crippen molar-refractivity contribution in [1.29, 1.82) is 0 Å². The molecule has 0 aliphatic carbocycles. The summed E-state index contributed by atoms with van der Waals surface area (Å²) in [5.41, 5.74) is 0.970. The van der Waals surface area contributed by atoms with Crippen LogP contribution in [0.25, 0.3) is 0 Å². The summed E-state index contributed by atoms with van der Waals surface area (Å²) in [6.07, 6.45) is 0. The normalized spacial score (nSPS) is 11.7. The van der Waals surface area contributed by atoms with Gasteiger partial charge in [-0.1, -0.05) is 13.8 Å². The molecule has 0 atom stereocenters. The summed E-state index contributed by atoms with van der Waals surface area (Å²) in [7, 11) is -0.557. The van der Waals surface area contributed by atoms with Crippen molar-refractivity contribution in [2.45, 2.75) is 18.7 Å². The second kappa shape index (κ2) is 8.86. The molecule has 146 valence electrons. The first-order chi connectivity index (χ1) is 12.6. The number of ether oxygens (including phenoxy) is 1. The third-order valence-electron chi connectivity index (χ3n) is 3.66. The van der Waals surface area contributed by atoms with Crippen LogP contribution in [0, 0.1) is 5.92 Å². The first-order valence-electron chi connectivity index (χ1n) is 8.37. The van der Waals surface area contributed by atoms with Gasteiger partial charge in [-0.2, -0.15) is 0 Å². The molecular weight excluding hydrogens is 432 g/mol. The van der Waals surface area contributed by atoms with Gasteiger partial charge in [0.2, 0.25) is 10.0 Å². The number of carbonyl (C=O) groups excluding carboxylic acids is 1. The van der Waals surface area contributed by atoms with Gasteiger partial charge in [0.05, 0.1) is 16.0 Å². The number of benzene rings is 2. The highest BCUT2D eigenvalue weighted by molar-refractivity contribution is 9.10. The fourth-order valence-corrected chi connectivity index (χ4v) is 3.53. The number of nitrogens with zero attached hydrogens (tertiary/aromatic N) is 1. The first-order valence-corrected chi connectivity index (χ1v) is 10.6. The fraction of sp³-hybridized carbons (Fsp3) is 0.316. The summed E-state index contributed by atoms with van der Waals surface area (Å²) in [6.45, 7) is 4.71. The Hall–Kier alpha value is -1.90. The van der Waals surface area contributed by atoms with Crippen LogP contribution in [0.5, 0.6) is 5.75 Å². The molecule has 1 amide bonds. The van der Waals surface area contributed by atoms with E-state index in [0.717, 1.165) is 4.31 Å².